The van der Waals surface area contributed by atoms with E-state index in [0.717, 1.165) is 12.8 Å². The summed E-state index contributed by atoms with van der Waals surface area (Å²) in [6, 6.07) is 2.58. The molecule has 0 aliphatic heterocycles. The second kappa shape index (κ2) is 7.70. The van der Waals surface area contributed by atoms with Crippen molar-refractivity contribution < 1.29 is 17.9 Å². The maximum absolute atomic E-state index is 12.3. The highest BCUT2D eigenvalue weighted by Crippen LogP contribution is 2.35. The third-order valence-electron chi connectivity index (χ3n) is 3.46. The zero-order valence-corrected chi connectivity index (χ0v) is 14.7. The number of nitrogens with one attached hydrogen (secondary N) is 1. The van der Waals surface area contributed by atoms with Crippen LogP contribution in [0.15, 0.2) is 17.0 Å². The van der Waals surface area contributed by atoms with Crippen LogP contribution in [0.2, 0.25) is 5.02 Å². The minimum atomic E-state index is -3.75. The van der Waals surface area contributed by atoms with Gasteiger partial charge in [0.2, 0.25) is 10.0 Å². The summed E-state index contributed by atoms with van der Waals surface area (Å²) in [4.78, 5) is -0.0511. The normalized spacial score (nSPS) is 15.8. The van der Waals surface area contributed by atoms with Gasteiger partial charge >= 0.3 is 0 Å². The molecule has 1 saturated carbocycles. The van der Waals surface area contributed by atoms with Gasteiger partial charge in [-0.3, -0.25) is 0 Å². The smallest absolute Gasteiger partial charge is 0.242 e. The van der Waals surface area contributed by atoms with Crippen LogP contribution in [0.4, 0.5) is 0 Å². The number of rotatable bonds is 7. The summed E-state index contributed by atoms with van der Waals surface area (Å²) in [7, 11) is -0.864. The Bertz CT molecular complexity index is 621. The van der Waals surface area contributed by atoms with Gasteiger partial charge in [-0.1, -0.05) is 11.6 Å². The van der Waals surface area contributed by atoms with E-state index in [1.807, 2.05) is 0 Å². The van der Waals surface area contributed by atoms with Crippen molar-refractivity contribution in [1.29, 1.82) is 0 Å². The second-order valence-electron chi connectivity index (χ2n) is 4.99. The van der Waals surface area contributed by atoms with E-state index < -0.39 is 10.0 Å². The molecule has 1 aliphatic rings. The molecule has 2 rings (SSSR count). The number of hydrogen-bond donors (Lipinski definition) is 2. The Morgan fingerprint density at radius 3 is 2.36 bits per heavy atom. The molecule has 1 fully saturated rings. The zero-order chi connectivity index (χ0) is 15.6. The van der Waals surface area contributed by atoms with Crippen molar-refractivity contribution in [3.8, 4) is 11.5 Å². The van der Waals surface area contributed by atoms with Gasteiger partial charge in [0.1, 0.15) is 4.90 Å². The lowest BCUT2D eigenvalue weighted by Gasteiger charge is -2.15. The zero-order valence-electron chi connectivity index (χ0n) is 12.3. The van der Waals surface area contributed by atoms with Crippen LogP contribution in [0, 0.1) is 5.92 Å². The van der Waals surface area contributed by atoms with Gasteiger partial charge in [-0.25, -0.2) is 13.1 Å². The van der Waals surface area contributed by atoms with E-state index in [2.05, 4.69) is 4.72 Å². The summed E-state index contributed by atoms with van der Waals surface area (Å²) >= 11 is 6.03. The molecule has 1 aromatic carbocycles. The van der Waals surface area contributed by atoms with E-state index in [0.29, 0.717) is 17.4 Å². The van der Waals surface area contributed by atoms with Crippen molar-refractivity contribution in [2.75, 3.05) is 20.8 Å². The first-order valence-corrected chi connectivity index (χ1v) is 8.42. The van der Waals surface area contributed by atoms with Crippen LogP contribution in [-0.4, -0.2) is 35.2 Å². The molecule has 1 unspecified atom stereocenters. The van der Waals surface area contributed by atoms with E-state index in [4.69, 9.17) is 26.8 Å². The number of benzene rings is 1. The van der Waals surface area contributed by atoms with Crippen molar-refractivity contribution >= 4 is 34.0 Å². The van der Waals surface area contributed by atoms with Gasteiger partial charge in [-0.2, -0.15) is 0 Å². The van der Waals surface area contributed by atoms with Gasteiger partial charge in [-0.05, 0) is 18.8 Å². The Balaban J connectivity index is 0.00000242. The molecule has 0 amide bonds. The highest BCUT2D eigenvalue weighted by molar-refractivity contribution is 7.89. The summed E-state index contributed by atoms with van der Waals surface area (Å²) in [6.07, 6.45) is 2.11. The van der Waals surface area contributed by atoms with Gasteiger partial charge in [0.25, 0.3) is 0 Å². The Hall–Kier alpha value is -0.730. The lowest BCUT2D eigenvalue weighted by Crippen LogP contribution is -2.38. The van der Waals surface area contributed by atoms with Crippen molar-refractivity contribution in [1.82, 2.24) is 4.72 Å². The molecular formula is C13H20Cl2N2O4S. The topological polar surface area (TPSA) is 90.7 Å². The van der Waals surface area contributed by atoms with E-state index in [1.165, 1.54) is 26.4 Å². The van der Waals surface area contributed by atoms with Gasteiger partial charge in [0.15, 0.2) is 11.5 Å². The number of halogens is 2. The maximum atomic E-state index is 12.3. The third kappa shape index (κ3) is 4.39. The largest absolute Gasteiger partial charge is 0.493 e. The van der Waals surface area contributed by atoms with Crippen molar-refractivity contribution in [3.63, 3.8) is 0 Å². The fourth-order valence-electron chi connectivity index (χ4n) is 2.02. The molecule has 6 nitrogen and oxygen atoms in total. The van der Waals surface area contributed by atoms with Crippen LogP contribution in [0.3, 0.4) is 0 Å². The van der Waals surface area contributed by atoms with Crippen molar-refractivity contribution in [3.05, 3.63) is 17.2 Å². The number of nitrogens with two attached hydrogens (primary N) is 1. The summed E-state index contributed by atoms with van der Waals surface area (Å²) in [5.41, 5.74) is 5.90. The first-order chi connectivity index (χ1) is 9.89. The quantitative estimate of drug-likeness (QED) is 0.763. The Morgan fingerprint density at radius 1 is 1.32 bits per heavy atom. The number of methoxy groups -OCH3 is 2. The standard InChI is InChI=1S/C13H19ClN2O4S.ClH/c1-19-11-5-9(14)13(6-12(11)20-2)21(17,18)16-7-10(15)8-3-4-8;/h5-6,8,10,16H,3-4,7,15H2,1-2H3;1H. The van der Waals surface area contributed by atoms with Crippen molar-refractivity contribution in [2.24, 2.45) is 11.7 Å². The average Bonchev–Trinajstić information content (AvgIpc) is 3.28. The van der Waals surface area contributed by atoms with Crippen molar-refractivity contribution in [2.45, 2.75) is 23.8 Å². The number of hydrogen-bond acceptors (Lipinski definition) is 5. The monoisotopic (exact) mass is 370 g/mol. The molecule has 0 spiro atoms. The van der Waals surface area contributed by atoms with Crippen LogP contribution in [0.1, 0.15) is 12.8 Å². The minimum Gasteiger partial charge on any atom is -0.493 e. The van der Waals surface area contributed by atoms with E-state index in [9.17, 15) is 8.42 Å². The van der Waals surface area contributed by atoms with Crippen LogP contribution in [-0.2, 0) is 10.0 Å². The molecular weight excluding hydrogens is 351 g/mol. The molecule has 1 atom stereocenters. The second-order valence-corrected chi connectivity index (χ2v) is 7.13. The van der Waals surface area contributed by atoms with Gasteiger partial charge in [0.05, 0.1) is 19.2 Å². The van der Waals surface area contributed by atoms with Crippen LogP contribution in [0.25, 0.3) is 0 Å². The van der Waals surface area contributed by atoms with Gasteiger partial charge in [0, 0.05) is 24.7 Å². The fraction of sp³-hybridized carbons (Fsp3) is 0.538. The summed E-state index contributed by atoms with van der Waals surface area (Å²) in [5.74, 6) is 1.08. The summed E-state index contributed by atoms with van der Waals surface area (Å²) < 4.78 is 37.3. The van der Waals surface area contributed by atoms with Gasteiger partial charge in [-0.15, -0.1) is 12.4 Å². The molecule has 22 heavy (non-hydrogen) atoms. The molecule has 0 radical (unpaired) electrons. The predicted molar refractivity (Wildman–Crippen MR) is 87.7 cm³/mol. The Morgan fingerprint density at radius 2 is 1.86 bits per heavy atom. The van der Waals surface area contributed by atoms with E-state index in [1.54, 1.807) is 0 Å². The maximum Gasteiger partial charge on any atom is 0.242 e. The minimum absolute atomic E-state index is 0. The molecule has 0 aromatic heterocycles. The number of ether oxygens (including phenoxy) is 2. The lowest BCUT2D eigenvalue weighted by atomic mass is 10.2. The highest BCUT2D eigenvalue weighted by atomic mass is 35.5. The lowest BCUT2D eigenvalue weighted by molar-refractivity contribution is 0.354. The molecule has 9 heteroatoms. The van der Waals surface area contributed by atoms with Crippen LogP contribution >= 0.6 is 24.0 Å². The fourth-order valence-corrected chi connectivity index (χ4v) is 3.62. The SMILES string of the molecule is COc1cc(Cl)c(S(=O)(=O)NCC(N)C2CC2)cc1OC.Cl. The predicted octanol–water partition coefficient (Wildman–Crippen LogP) is 1.79. The average molecular weight is 371 g/mol. The van der Waals surface area contributed by atoms with Crippen LogP contribution < -0.4 is 19.9 Å². The Kier molecular flexibility index (Phi) is 6.76. The van der Waals surface area contributed by atoms with E-state index >= 15 is 0 Å². The van der Waals surface area contributed by atoms with Crippen LogP contribution in [0.5, 0.6) is 11.5 Å². The molecule has 0 saturated heterocycles. The molecule has 0 heterocycles. The molecule has 3 N–H and O–H groups in total. The third-order valence-corrected chi connectivity index (χ3v) is 5.35. The first kappa shape index (κ1) is 19.3. The Labute approximate surface area is 141 Å². The summed E-state index contributed by atoms with van der Waals surface area (Å²) in [6.45, 7) is 0.192. The molecule has 126 valence electrons. The summed E-state index contributed by atoms with van der Waals surface area (Å²) in [5, 5.41) is 0.0696. The molecule has 1 aromatic rings. The number of sulfonamides is 1. The highest BCUT2D eigenvalue weighted by Gasteiger charge is 2.30. The molecule has 0 bridgehead atoms. The molecule has 1 aliphatic carbocycles. The first-order valence-electron chi connectivity index (χ1n) is 6.55. The van der Waals surface area contributed by atoms with E-state index in [-0.39, 0.29) is 34.9 Å². The van der Waals surface area contributed by atoms with Gasteiger partial charge < -0.3 is 15.2 Å².